The number of hydrogen-bond donors (Lipinski definition) is 2. The van der Waals surface area contributed by atoms with Gasteiger partial charge in [0.15, 0.2) is 11.5 Å². The van der Waals surface area contributed by atoms with Crippen LogP contribution in [0.3, 0.4) is 0 Å². The number of nitrogens with one attached hydrogen (secondary N) is 1. The summed E-state index contributed by atoms with van der Waals surface area (Å²) in [6.45, 7) is 4.51. The summed E-state index contributed by atoms with van der Waals surface area (Å²) in [6.07, 6.45) is 0.912. The maximum atomic E-state index is 7.60. The number of pyridine rings is 1. The maximum absolute atomic E-state index is 7.60. The Kier molecular flexibility index (Phi) is 4.77. The van der Waals surface area contributed by atoms with Crippen molar-refractivity contribution < 1.29 is 9.47 Å². The van der Waals surface area contributed by atoms with Crippen molar-refractivity contribution in [2.75, 3.05) is 6.61 Å². The van der Waals surface area contributed by atoms with E-state index in [1.165, 1.54) is 0 Å². The summed E-state index contributed by atoms with van der Waals surface area (Å²) in [5.41, 5.74) is 6.83. The van der Waals surface area contributed by atoms with Crippen LogP contribution in [0, 0.1) is 12.3 Å². The highest BCUT2D eigenvalue weighted by Gasteiger charge is 2.12. The lowest BCUT2D eigenvalue weighted by atomic mass is 10.2. The van der Waals surface area contributed by atoms with Crippen LogP contribution in [0.2, 0.25) is 0 Å². The third-order valence-corrected chi connectivity index (χ3v) is 2.81. The van der Waals surface area contributed by atoms with Gasteiger partial charge in [0.25, 0.3) is 0 Å². The number of nitrogens with zero attached hydrogens (tertiary/aromatic N) is 1. The molecule has 0 radical (unpaired) electrons. The van der Waals surface area contributed by atoms with Crippen LogP contribution in [0.1, 0.15) is 24.6 Å². The first-order valence-corrected chi connectivity index (χ1v) is 6.83. The standard InChI is InChI=1S/C16H19N3O2/c1-3-10-20-13-6-4-5-7-14(13)21-16-12(15(17)18)9-8-11(2)19-16/h4-9H,3,10H2,1-2H3,(H3,17,18). The molecule has 1 aromatic carbocycles. The lowest BCUT2D eigenvalue weighted by Crippen LogP contribution is -2.13. The van der Waals surface area contributed by atoms with E-state index in [1.54, 1.807) is 18.2 Å². The predicted octanol–water partition coefficient (Wildman–Crippen LogP) is 3.26. The summed E-state index contributed by atoms with van der Waals surface area (Å²) in [5.74, 6) is 1.45. The largest absolute Gasteiger partial charge is 0.490 e. The van der Waals surface area contributed by atoms with E-state index in [0.29, 0.717) is 29.5 Å². The van der Waals surface area contributed by atoms with Gasteiger partial charge in [-0.05, 0) is 37.6 Å². The molecule has 0 aliphatic carbocycles. The zero-order valence-corrected chi connectivity index (χ0v) is 12.2. The van der Waals surface area contributed by atoms with Gasteiger partial charge in [-0.15, -0.1) is 0 Å². The van der Waals surface area contributed by atoms with Crippen molar-refractivity contribution in [2.24, 2.45) is 5.73 Å². The molecule has 0 aliphatic rings. The van der Waals surface area contributed by atoms with Gasteiger partial charge < -0.3 is 15.2 Å². The Labute approximate surface area is 124 Å². The van der Waals surface area contributed by atoms with E-state index in [9.17, 15) is 0 Å². The van der Waals surface area contributed by atoms with E-state index in [0.717, 1.165) is 12.1 Å². The van der Waals surface area contributed by atoms with E-state index in [4.69, 9.17) is 20.6 Å². The van der Waals surface area contributed by atoms with Gasteiger partial charge in [-0.3, -0.25) is 5.41 Å². The first kappa shape index (κ1) is 14.8. The molecule has 2 aromatic rings. The molecule has 2 rings (SSSR count). The fourth-order valence-electron chi connectivity index (χ4n) is 1.79. The molecule has 0 atom stereocenters. The Morgan fingerprint density at radius 1 is 1.19 bits per heavy atom. The molecule has 0 aliphatic heterocycles. The first-order chi connectivity index (χ1) is 10.1. The lowest BCUT2D eigenvalue weighted by molar-refractivity contribution is 0.300. The summed E-state index contributed by atoms with van der Waals surface area (Å²) >= 11 is 0. The number of ether oxygens (including phenoxy) is 2. The van der Waals surface area contributed by atoms with Crippen LogP contribution in [-0.4, -0.2) is 17.4 Å². The van der Waals surface area contributed by atoms with Crippen LogP contribution in [0.15, 0.2) is 36.4 Å². The van der Waals surface area contributed by atoms with E-state index in [1.807, 2.05) is 32.0 Å². The summed E-state index contributed by atoms with van der Waals surface area (Å²) in [7, 11) is 0. The van der Waals surface area contributed by atoms with Gasteiger partial charge in [-0.25, -0.2) is 4.98 Å². The van der Waals surface area contributed by atoms with Gasteiger partial charge in [-0.1, -0.05) is 19.1 Å². The number of benzene rings is 1. The van der Waals surface area contributed by atoms with Crippen molar-refractivity contribution in [3.63, 3.8) is 0 Å². The van der Waals surface area contributed by atoms with Crippen molar-refractivity contribution in [1.29, 1.82) is 5.41 Å². The average molecular weight is 285 g/mol. The molecule has 3 N–H and O–H groups in total. The van der Waals surface area contributed by atoms with E-state index < -0.39 is 0 Å². The molecule has 5 nitrogen and oxygen atoms in total. The second-order valence-corrected chi connectivity index (χ2v) is 4.62. The minimum atomic E-state index is -0.0792. The third-order valence-electron chi connectivity index (χ3n) is 2.81. The van der Waals surface area contributed by atoms with Crippen molar-refractivity contribution in [2.45, 2.75) is 20.3 Å². The summed E-state index contributed by atoms with van der Waals surface area (Å²) in [5, 5.41) is 7.60. The molecule has 0 saturated heterocycles. The molecule has 0 bridgehead atoms. The van der Waals surface area contributed by atoms with Gasteiger partial charge in [0.2, 0.25) is 5.88 Å². The zero-order valence-electron chi connectivity index (χ0n) is 12.2. The first-order valence-electron chi connectivity index (χ1n) is 6.83. The monoisotopic (exact) mass is 285 g/mol. The van der Waals surface area contributed by atoms with Gasteiger partial charge in [0.1, 0.15) is 5.84 Å². The number of aryl methyl sites for hydroxylation is 1. The highest BCUT2D eigenvalue weighted by Crippen LogP contribution is 2.32. The minimum Gasteiger partial charge on any atom is -0.490 e. The highest BCUT2D eigenvalue weighted by molar-refractivity contribution is 5.97. The number of nitrogen functional groups attached to an aromatic ring is 1. The smallest absolute Gasteiger partial charge is 0.230 e. The summed E-state index contributed by atoms with van der Waals surface area (Å²) in [6, 6.07) is 10.9. The number of nitrogens with two attached hydrogens (primary N) is 1. The van der Waals surface area contributed by atoms with Crippen molar-refractivity contribution in [3.05, 3.63) is 47.7 Å². The lowest BCUT2D eigenvalue weighted by Gasteiger charge is -2.13. The van der Waals surface area contributed by atoms with Gasteiger partial charge in [-0.2, -0.15) is 0 Å². The van der Waals surface area contributed by atoms with Crippen LogP contribution in [0.4, 0.5) is 0 Å². The molecule has 5 heteroatoms. The summed E-state index contributed by atoms with van der Waals surface area (Å²) < 4.78 is 11.5. The van der Waals surface area contributed by atoms with Crippen molar-refractivity contribution >= 4 is 5.84 Å². The van der Waals surface area contributed by atoms with Crippen LogP contribution in [-0.2, 0) is 0 Å². The molecule has 1 heterocycles. The number of amidine groups is 1. The highest BCUT2D eigenvalue weighted by atomic mass is 16.5. The molecule has 1 aromatic heterocycles. The molecule has 0 saturated carbocycles. The molecule has 0 unspecified atom stereocenters. The number of para-hydroxylation sites is 2. The topological polar surface area (TPSA) is 81.2 Å². The Morgan fingerprint density at radius 2 is 1.90 bits per heavy atom. The van der Waals surface area contributed by atoms with Crippen LogP contribution in [0.25, 0.3) is 0 Å². The zero-order chi connectivity index (χ0) is 15.2. The Morgan fingerprint density at radius 3 is 2.57 bits per heavy atom. The van der Waals surface area contributed by atoms with Crippen LogP contribution >= 0.6 is 0 Å². The van der Waals surface area contributed by atoms with Crippen molar-refractivity contribution in [3.8, 4) is 17.4 Å². The van der Waals surface area contributed by atoms with Crippen LogP contribution in [0.5, 0.6) is 17.4 Å². The van der Waals surface area contributed by atoms with Gasteiger partial charge >= 0.3 is 0 Å². The molecule has 21 heavy (non-hydrogen) atoms. The van der Waals surface area contributed by atoms with Crippen molar-refractivity contribution in [1.82, 2.24) is 4.98 Å². The number of hydrogen-bond acceptors (Lipinski definition) is 4. The summed E-state index contributed by atoms with van der Waals surface area (Å²) in [4.78, 5) is 4.31. The molecule has 0 fully saturated rings. The van der Waals surface area contributed by atoms with Crippen LogP contribution < -0.4 is 15.2 Å². The van der Waals surface area contributed by atoms with Gasteiger partial charge in [0.05, 0.1) is 12.2 Å². The van der Waals surface area contributed by atoms with Gasteiger partial charge in [0, 0.05) is 5.69 Å². The Hall–Kier alpha value is -2.56. The van der Waals surface area contributed by atoms with E-state index in [-0.39, 0.29) is 5.84 Å². The third kappa shape index (κ3) is 3.72. The Balaban J connectivity index is 2.34. The normalized spacial score (nSPS) is 10.2. The fraction of sp³-hybridized carbons (Fsp3) is 0.250. The molecular formula is C16H19N3O2. The van der Waals surface area contributed by atoms with E-state index in [2.05, 4.69) is 4.98 Å². The SMILES string of the molecule is CCCOc1ccccc1Oc1nc(C)ccc1C(=N)N. The minimum absolute atomic E-state index is 0.0792. The molecule has 0 amide bonds. The maximum Gasteiger partial charge on any atom is 0.230 e. The number of rotatable bonds is 6. The fourth-order valence-corrected chi connectivity index (χ4v) is 1.79. The molecule has 0 spiro atoms. The molecule has 110 valence electrons. The molecular weight excluding hydrogens is 266 g/mol. The predicted molar refractivity (Wildman–Crippen MR) is 82.3 cm³/mol. The second kappa shape index (κ2) is 6.74. The van der Waals surface area contributed by atoms with E-state index >= 15 is 0 Å². The Bertz CT molecular complexity index is 641. The second-order valence-electron chi connectivity index (χ2n) is 4.62. The number of aromatic nitrogens is 1. The quantitative estimate of drug-likeness (QED) is 0.630. The average Bonchev–Trinajstić information content (AvgIpc) is 2.46.